The van der Waals surface area contributed by atoms with Crippen LogP contribution in [0.15, 0.2) is 22.8 Å². The summed E-state index contributed by atoms with van der Waals surface area (Å²) in [5.74, 6) is -0.909. The molecule has 4 rings (SSSR count). The number of carbonyl (C=O) groups excluding carboxylic acids is 1. The second-order valence-corrected chi connectivity index (χ2v) is 13.6. The molecule has 4 aliphatic rings. The summed E-state index contributed by atoms with van der Waals surface area (Å²) in [4.78, 5) is 24.8. The molecular formula is C31H48NaO6. The number of hydrogen-bond donors (Lipinski definition) is 3. The summed E-state index contributed by atoms with van der Waals surface area (Å²) >= 11 is 0. The maximum Gasteiger partial charge on any atom is 0.331 e. The minimum atomic E-state index is -0.953. The Kier molecular flexibility index (Phi) is 9.49. The minimum Gasteiger partial charge on any atom is -0.478 e. The second kappa shape index (κ2) is 11.3. The van der Waals surface area contributed by atoms with Gasteiger partial charge < -0.3 is 20.1 Å². The molecule has 3 N–H and O–H groups in total. The van der Waals surface area contributed by atoms with Crippen LogP contribution in [0.1, 0.15) is 99.8 Å². The predicted octanol–water partition coefficient (Wildman–Crippen LogP) is 5.29. The van der Waals surface area contributed by atoms with Crippen LogP contribution < -0.4 is 0 Å². The Labute approximate surface area is 251 Å². The van der Waals surface area contributed by atoms with Crippen molar-refractivity contribution in [3.05, 3.63) is 22.8 Å². The van der Waals surface area contributed by atoms with E-state index in [1.54, 1.807) is 0 Å². The number of aliphatic hydroxyl groups is 2. The molecule has 209 valence electrons. The third kappa shape index (κ3) is 5.00. The average molecular weight is 540 g/mol. The normalized spacial score (nSPS) is 45.0. The third-order valence-electron chi connectivity index (χ3n) is 11.6. The molecule has 0 heterocycles. The molecule has 4 fully saturated rings. The van der Waals surface area contributed by atoms with Crippen LogP contribution in [0.25, 0.3) is 0 Å². The number of carboxylic acids is 1. The van der Waals surface area contributed by atoms with Gasteiger partial charge in [0.05, 0.1) is 12.2 Å². The first-order valence-electron chi connectivity index (χ1n) is 14.3. The van der Waals surface area contributed by atoms with Crippen LogP contribution in [0.4, 0.5) is 0 Å². The SMILES string of the molecule is CC(=O)O[C@H]1C[C@@]2(C)[C@@H](C[C@@H](O)[C@H]3[C@@]4(C)CC[C@@H](O)[C@@H](C)[C@@H]4CC[C@@]32C)/C1=C(\CCC=C(C)C)C(=O)O.[Na]. The van der Waals surface area contributed by atoms with Crippen LogP contribution in [0.5, 0.6) is 0 Å². The summed E-state index contributed by atoms with van der Waals surface area (Å²) < 4.78 is 5.87. The van der Waals surface area contributed by atoms with Gasteiger partial charge in [-0.15, -0.1) is 0 Å². The van der Waals surface area contributed by atoms with Gasteiger partial charge in [-0.05, 0) is 111 Å². The largest absolute Gasteiger partial charge is 0.478 e. The zero-order chi connectivity index (χ0) is 27.5. The van der Waals surface area contributed by atoms with E-state index < -0.39 is 24.1 Å². The van der Waals surface area contributed by atoms with Crippen molar-refractivity contribution in [3.8, 4) is 0 Å². The molecule has 0 aromatic rings. The fraction of sp³-hybridized carbons (Fsp3) is 0.806. The van der Waals surface area contributed by atoms with Gasteiger partial charge >= 0.3 is 11.9 Å². The number of allylic oxidation sites excluding steroid dienone is 2. The monoisotopic (exact) mass is 539 g/mol. The summed E-state index contributed by atoms with van der Waals surface area (Å²) in [5.41, 5.74) is 1.57. The maximum absolute atomic E-state index is 12.6. The van der Waals surface area contributed by atoms with E-state index in [-0.39, 0.29) is 69.7 Å². The minimum absolute atomic E-state index is 0. The predicted molar refractivity (Wildman–Crippen MR) is 148 cm³/mol. The summed E-state index contributed by atoms with van der Waals surface area (Å²) in [7, 11) is 0. The van der Waals surface area contributed by atoms with Crippen LogP contribution in [0.2, 0.25) is 0 Å². The Hall–Kier alpha value is -0.660. The smallest absolute Gasteiger partial charge is 0.331 e. The zero-order valence-corrected chi connectivity index (χ0v) is 26.8. The molecule has 0 spiro atoms. The van der Waals surface area contributed by atoms with E-state index in [4.69, 9.17) is 4.74 Å². The van der Waals surface area contributed by atoms with Gasteiger partial charge in [0, 0.05) is 42.1 Å². The first kappa shape index (κ1) is 31.9. The fourth-order valence-electron chi connectivity index (χ4n) is 9.79. The molecule has 0 aromatic carbocycles. The van der Waals surface area contributed by atoms with E-state index in [0.29, 0.717) is 37.2 Å². The van der Waals surface area contributed by atoms with Gasteiger partial charge in [-0.2, -0.15) is 0 Å². The first-order valence-corrected chi connectivity index (χ1v) is 14.3. The topological polar surface area (TPSA) is 104 Å². The number of carboxylic acid groups (broad SMARTS) is 1. The molecule has 6 nitrogen and oxygen atoms in total. The average Bonchev–Trinajstić information content (AvgIpc) is 3.05. The Balaban J connectivity index is 0.00000400. The molecule has 0 bridgehead atoms. The van der Waals surface area contributed by atoms with E-state index in [9.17, 15) is 24.9 Å². The zero-order valence-electron chi connectivity index (χ0n) is 24.8. The van der Waals surface area contributed by atoms with E-state index >= 15 is 0 Å². The molecule has 0 aromatic heterocycles. The molecule has 1 radical (unpaired) electrons. The van der Waals surface area contributed by atoms with Crippen molar-refractivity contribution in [3.63, 3.8) is 0 Å². The van der Waals surface area contributed by atoms with E-state index in [1.165, 1.54) is 6.92 Å². The summed E-state index contributed by atoms with van der Waals surface area (Å²) in [6, 6.07) is 0. The van der Waals surface area contributed by atoms with E-state index in [1.807, 2.05) is 19.9 Å². The van der Waals surface area contributed by atoms with Gasteiger partial charge in [0.2, 0.25) is 0 Å². The molecule has 0 amide bonds. The summed E-state index contributed by atoms with van der Waals surface area (Å²) in [6.45, 7) is 14.5. The van der Waals surface area contributed by atoms with E-state index in [0.717, 1.165) is 36.8 Å². The number of esters is 1. The van der Waals surface area contributed by atoms with Gasteiger partial charge in [-0.1, -0.05) is 39.3 Å². The number of aliphatic hydroxyl groups excluding tert-OH is 2. The van der Waals surface area contributed by atoms with Crippen LogP contribution in [0.3, 0.4) is 0 Å². The van der Waals surface area contributed by atoms with Crippen molar-refractivity contribution in [2.45, 2.75) is 118 Å². The van der Waals surface area contributed by atoms with Crippen molar-refractivity contribution in [1.29, 1.82) is 0 Å². The fourth-order valence-corrected chi connectivity index (χ4v) is 9.79. The van der Waals surface area contributed by atoms with Gasteiger partial charge in [0.1, 0.15) is 6.10 Å². The number of carbonyl (C=O) groups is 2. The van der Waals surface area contributed by atoms with Crippen LogP contribution in [0, 0.1) is 39.9 Å². The maximum atomic E-state index is 12.6. The quantitative estimate of drug-likeness (QED) is 0.190. The summed E-state index contributed by atoms with van der Waals surface area (Å²) in [6.07, 6.45) is 6.22. The van der Waals surface area contributed by atoms with Gasteiger partial charge in [0.15, 0.2) is 0 Å². The Bertz CT molecular complexity index is 1000. The van der Waals surface area contributed by atoms with Gasteiger partial charge in [-0.25, -0.2) is 4.79 Å². The van der Waals surface area contributed by atoms with Gasteiger partial charge in [-0.3, -0.25) is 4.79 Å². The second-order valence-electron chi connectivity index (χ2n) is 13.6. The number of hydrogen-bond acceptors (Lipinski definition) is 5. The molecule has 4 saturated carbocycles. The molecule has 38 heavy (non-hydrogen) atoms. The number of fused-ring (bicyclic) bond motifs is 5. The molecule has 0 saturated heterocycles. The molecule has 7 heteroatoms. The van der Waals surface area contributed by atoms with Crippen molar-refractivity contribution in [2.75, 3.05) is 0 Å². The van der Waals surface area contributed by atoms with E-state index in [2.05, 4.69) is 27.7 Å². The first-order chi connectivity index (χ1) is 17.2. The number of ether oxygens (including phenoxy) is 1. The number of aliphatic carboxylic acids is 1. The molecule has 10 atom stereocenters. The van der Waals surface area contributed by atoms with Crippen LogP contribution in [-0.4, -0.2) is 75.1 Å². The van der Waals surface area contributed by atoms with Crippen LogP contribution >= 0.6 is 0 Å². The molecule has 4 aliphatic carbocycles. The standard InChI is InChI=1S/C31H48O6.Na/c1-17(2)9-8-10-20(28(35)36)26-22-15-24(34)27-29(5)13-12-23(33)18(3)21(29)11-14-30(27,6)31(22,7)16-25(26)37-19(4)32;/h9,18,21-25,27,33-34H,8,10-16H2,1-7H3,(H,35,36);/b26-20-;/t18-,21-,22-,23+,24+,25-,27-,29-,30-,31-;/m0./s1. The Morgan fingerprint density at radius 1 is 1.03 bits per heavy atom. The third-order valence-corrected chi connectivity index (χ3v) is 11.6. The van der Waals surface area contributed by atoms with Crippen LogP contribution in [-0.2, 0) is 14.3 Å². The molecule has 0 aliphatic heterocycles. The van der Waals surface area contributed by atoms with Crippen molar-refractivity contribution < 1.29 is 29.6 Å². The number of rotatable bonds is 5. The summed E-state index contributed by atoms with van der Waals surface area (Å²) in [5, 5.41) is 32.9. The van der Waals surface area contributed by atoms with Crippen molar-refractivity contribution >= 4 is 41.5 Å². The molecule has 0 unspecified atom stereocenters. The van der Waals surface area contributed by atoms with Gasteiger partial charge in [0.25, 0.3) is 0 Å². The molecular weight excluding hydrogens is 491 g/mol. The van der Waals surface area contributed by atoms with Crippen molar-refractivity contribution in [1.82, 2.24) is 0 Å². The Morgan fingerprint density at radius 3 is 2.26 bits per heavy atom. The van der Waals surface area contributed by atoms with Crippen molar-refractivity contribution in [2.24, 2.45) is 39.9 Å². The Morgan fingerprint density at radius 2 is 1.68 bits per heavy atom.